The minimum atomic E-state index is -1.93. The average molecular weight is 441 g/mol. The van der Waals surface area contributed by atoms with Crippen LogP contribution in [0, 0.1) is 28.6 Å². The molecule has 5 nitrogen and oxygen atoms in total. The van der Waals surface area contributed by atoms with Gasteiger partial charge in [-0.15, -0.1) is 0 Å². The summed E-state index contributed by atoms with van der Waals surface area (Å²) in [5.74, 6) is -1.59. The summed E-state index contributed by atoms with van der Waals surface area (Å²) in [7, 11) is 1.47. The summed E-state index contributed by atoms with van der Waals surface area (Å²) in [5.41, 5.74) is -4.36. The summed E-state index contributed by atoms with van der Waals surface area (Å²) in [4.78, 5) is 25.0. The van der Waals surface area contributed by atoms with Crippen LogP contribution in [-0.2, 0) is 19.1 Å². The molecule has 7 heteroatoms. The van der Waals surface area contributed by atoms with Gasteiger partial charge in [-0.1, -0.05) is 37.1 Å². The van der Waals surface area contributed by atoms with Crippen molar-refractivity contribution in [1.29, 1.82) is 0 Å². The van der Waals surface area contributed by atoms with Crippen LogP contribution in [0.3, 0.4) is 0 Å². The Balaban J connectivity index is 1.83. The van der Waals surface area contributed by atoms with Gasteiger partial charge in [0.05, 0.1) is 6.10 Å². The zero-order chi connectivity index (χ0) is 22.1. The third-order valence-corrected chi connectivity index (χ3v) is 9.10. The van der Waals surface area contributed by atoms with Crippen molar-refractivity contribution in [3.05, 3.63) is 23.8 Å². The summed E-state index contributed by atoms with van der Waals surface area (Å²) in [6.45, 7) is 5.62. The fourth-order valence-corrected chi connectivity index (χ4v) is 7.74. The van der Waals surface area contributed by atoms with Crippen LogP contribution in [0.4, 0.5) is 4.39 Å². The lowest BCUT2D eigenvalue weighted by Crippen LogP contribution is -2.69. The van der Waals surface area contributed by atoms with Crippen LogP contribution in [0.5, 0.6) is 0 Å². The lowest BCUT2D eigenvalue weighted by molar-refractivity contribution is -0.232. The lowest BCUT2D eigenvalue weighted by atomic mass is 9.45. The van der Waals surface area contributed by atoms with Gasteiger partial charge >= 0.3 is 5.97 Å². The second-order valence-electron chi connectivity index (χ2n) is 9.88. The summed E-state index contributed by atoms with van der Waals surface area (Å²) in [6, 6.07) is -0.290. The minimum Gasteiger partial charge on any atom is -0.447 e. The molecule has 0 aromatic carbocycles. The van der Waals surface area contributed by atoms with Gasteiger partial charge in [-0.3, -0.25) is 4.79 Å². The molecule has 0 amide bonds. The Hall–Kier alpha value is -1.24. The third-order valence-electron chi connectivity index (χ3n) is 8.99. The molecule has 3 saturated carbocycles. The van der Waals surface area contributed by atoms with Crippen molar-refractivity contribution in [2.24, 2.45) is 28.6 Å². The molecule has 4 aliphatic rings. The number of aliphatic hydroxyl groups excluding tert-OH is 1. The largest absolute Gasteiger partial charge is 0.447 e. The Kier molecular flexibility index (Phi) is 5.04. The van der Waals surface area contributed by atoms with Crippen LogP contribution in [0.25, 0.3) is 0 Å². The van der Waals surface area contributed by atoms with Crippen molar-refractivity contribution >= 4 is 23.4 Å². The average Bonchev–Trinajstić information content (AvgIpc) is 2.91. The molecule has 30 heavy (non-hydrogen) atoms. The Morgan fingerprint density at radius 2 is 2.07 bits per heavy atom. The van der Waals surface area contributed by atoms with Crippen molar-refractivity contribution in [1.82, 2.24) is 0 Å². The number of ether oxygens (including phenoxy) is 2. The molecule has 4 aliphatic carbocycles. The van der Waals surface area contributed by atoms with E-state index < -0.39 is 40.1 Å². The normalized spacial score (nSPS) is 49.7. The molecule has 4 rings (SSSR count). The molecule has 0 aliphatic heterocycles. The van der Waals surface area contributed by atoms with Gasteiger partial charge in [-0.05, 0) is 56.6 Å². The zero-order valence-electron chi connectivity index (χ0n) is 17.9. The number of aliphatic hydroxyl groups is 1. The van der Waals surface area contributed by atoms with E-state index in [1.807, 2.05) is 13.8 Å². The number of methoxy groups -OCH3 is 1. The second kappa shape index (κ2) is 6.88. The summed E-state index contributed by atoms with van der Waals surface area (Å²) in [5, 5.41) is 11.3. The lowest BCUT2D eigenvalue weighted by Gasteiger charge is -2.62. The SMILES string of the molecule is CO[C@]1(C(=O)OCCl)[C@H](C)C[C@H]2[C@@H]3CCC4=CC(=O)C=C[C@]4(C)[C@@]3(F)[C@@H](O)C[C@@]21C. The van der Waals surface area contributed by atoms with Gasteiger partial charge in [-0.2, -0.15) is 0 Å². The minimum absolute atomic E-state index is 0.0604. The Morgan fingerprint density at radius 1 is 1.37 bits per heavy atom. The predicted octanol–water partition coefficient (Wildman–Crippen LogP) is 3.73. The highest BCUT2D eigenvalue weighted by Gasteiger charge is 2.76. The molecule has 0 bridgehead atoms. The zero-order valence-corrected chi connectivity index (χ0v) is 18.7. The van der Waals surface area contributed by atoms with Gasteiger partial charge in [0.2, 0.25) is 0 Å². The van der Waals surface area contributed by atoms with Gasteiger partial charge in [0, 0.05) is 23.9 Å². The first-order valence-electron chi connectivity index (χ1n) is 10.6. The highest BCUT2D eigenvalue weighted by molar-refractivity contribution is 6.17. The maximum Gasteiger partial charge on any atom is 0.340 e. The highest BCUT2D eigenvalue weighted by atomic mass is 35.5. The molecule has 0 aromatic heterocycles. The van der Waals surface area contributed by atoms with E-state index in [0.29, 0.717) is 19.3 Å². The Bertz CT molecular complexity index is 841. The number of hydrogen-bond acceptors (Lipinski definition) is 5. The molecule has 1 N–H and O–H groups in total. The van der Waals surface area contributed by atoms with Crippen LogP contribution in [-0.4, -0.2) is 47.4 Å². The van der Waals surface area contributed by atoms with Crippen molar-refractivity contribution < 1.29 is 28.6 Å². The number of alkyl halides is 2. The smallest absolute Gasteiger partial charge is 0.340 e. The van der Waals surface area contributed by atoms with Gasteiger partial charge in [0.15, 0.2) is 23.1 Å². The molecule has 0 unspecified atom stereocenters. The van der Waals surface area contributed by atoms with Crippen molar-refractivity contribution in [3.63, 3.8) is 0 Å². The highest BCUT2D eigenvalue weighted by Crippen LogP contribution is 2.71. The van der Waals surface area contributed by atoms with Crippen LogP contribution in [0.1, 0.15) is 46.5 Å². The number of rotatable bonds is 3. The van der Waals surface area contributed by atoms with Crippen molar-refractivity contribution in [2.75, 3.05) is 13.2 Å². The number of carbonyl (C=O) groups is 2. The molecule has 0 heterocycles. The van der Waals surface area contributed by atoms with Crippen LogP contribution in [0.15, 0.2) is 23.8 Å². The monoisotopic (exact) mass is 440 g/mol. The maximum absolute atomic E-state index is 17.1. The van der Waals surface area contributed by atoms with E-state index in [0.717, 1.165) is 5.57 Å². The molecular formula is C23H30ClFO5. The molecule has 166 valence electrons. The second-order valence-corrected chi connectivity index (χ2v) is 10.1. The maximum atomic E-state index is 17.1. The number of halogens is 2. The molecule has 0 radical (unpaired) electrons. The standard InChI is InChI=1S/C23H30ClFO5/c1-13-9-17-16-6-5-14-10-15(26)7-8-20(14,2)22(16,25)18(27)11-21(17,3)23(13,29-4)19(28)30-12-24/h7-8,10,13,16-18,27H,5-6,9,11-12H2,1-4H3/t13-,16+,17+,18+,20+,21+,22+,23+/m1/s1. The molecular weight excluding hydrogens is 411 g/mol. The molecule has 0 spiro atoms. The number of fused-ring (bicyclic) bond motifs is 5. The van der Waals surface area contributed by atoms with Crippen LogP contribution in [0.2, 0.25) is 0 Å². The van der Waals surface area contributed by atoms with Gasteiger partial charge in [-0.25, -0.2) is 9.18 Å². The first kappa shape index (κ1) is 22.0. The van der Waals surface area contributed by atoms with E-state index in [1.165, 1.54) is 19.3 Å². The van der Waals surface area contributed by atoms with E-state index in [9.17, 15) is 14.7 Å². The number of carbonyl (C=O) groups excluding carboxylic acids is 2. The topological polar surface area (TPSA) is 72.8 Å². The van der Waals surface area contributed by atoms with Gasteiger partial charge in [0.25, 0.3) is 0 Å². The number of hydrogen-bond donors (Lipinski definition) is 1. The Labute approximate surface area is 181 Å². The van der Waals surface area contributed by atoms with E-state index >= 15 is 4.39 Å². The summed E-state index contributed by atoms with van der Waals surface area (Å²) < 4.78 is 28.1. The van der Waals surface area contributed by atoms with E-state index in [1.54, 1.807) is 13.0 Å². The molecule has 0 aromatic rings. The van der Waals surface area contributed by atoms with Crippen molar-refractivity contribution in [3.8, 4) is 0 Å². The first-order valence-corrected chi connectivity index (χ1v) is 11.2. The summed E-state index contributed by atoms with van der Waals surface area (Å²) in [6.07, 6.45) is 4.98. The number of ketones is 1. The van der Waals surface area contributed by atoms with E-state index in [4.69, 9.17) is 21.1 Å². The third kappa shape index (κ3) is 2.36. The van der Waals surface area contributed by atoms with Crippen LogP contribution < -0.4 is 0 Å². The van der Waals surface area contributed by atoms with Crippen LogP contribution >= 0.6 is 11.6 Å². The molecule has 8 atom stereocenters. The first-order chi connectivity index (χ1) is 14.0. The van der Waals surface area contributed by atoms with Crippen molar-refractivity contribution in [2.45, 2.75) is 63.8 Å². The molecule has 3 fully saturated rings. The fourth-order valence-electron chi connectivity index (χ4n) is 7.64. The van der Waals surface area contributed by atoms with Gasteiger partial charge < -0.3 is 14.6 Å². The predicted molar refractivity (Wildman–Crippen MR) is 109 cm³/mol. The van der Waals surface area contributed by atoms with Gasteiger partial charge in [0.1, 0.15) is 0 Å². The number of esters is 1. The van der Waals surface area contributed by atoms with E-state index in [-0.39, 0.29) is 30.1 Å². The summed E-state index contributed by atoms with van der Waals surface area (Å²) >= 11 is 5.68. The number of allylic oxidation sites excluding steroid dienone is 4. The fraction of sp³-hybridized carbons (Fsp3) is 0.739. The Morgan fingerprint density at radius 3 is 2.70 bits per heavy atom. The quantitative estimate of drug-likeness (QED) is 0.534. The van der Waals surface area contributed by atoms with E-state index in [2.05, 4.69) is 0 Å². The molecule has 0 saturated heterocycles.